The summed E-state index contributed by atoms with van der Waals surface area (Å²) >= 11 is 3.35. The third-order valence-electron chi connectivity index (χ3n) is 5.11. The number of benzene rings is 3. The van der Waals surface area contributed by atoms with Gasteiger partial charge in [-0.15, -0.1) is 0 Å². The second-order valence-corrected chi connectivity index (χ2v) is 10.1. The lowest BCUT2D eigenvalue weighted by Crippen LogP contribution is -2.41. The maximum Gasteiger partial charge on any atom is 0.337 e. The van der Waals surface area contributed by atoms with Crippen molar-refractivity contribution in [2.24, 2.45) is 5.73 Å². The van der Waals surface area contributed by atoms with Crippen LogP contribution in [0.4, 0.5) is 0 Å². The quantitative estimate of drug-likeness (QED) is 0.443. The number of ether oxygens (including phenoxy) is 1. The summed E-state index contributed by atoms with van der Waals surface area (Å²) in [6.07, 6.45) is 0. The first-order chi connectivity index (χ1) is 15.6. The number of nitrogens with zero attached hydrogens (tertiary/aromatic N) is 1. The molecule has 0 radical (unpaired) electrons. The largest absolute Gasteiger partial charge is 0.465 e. The standard InChI is InChI=1S/C24H23BrN2O5S/c1-16-14-20(25)12-13-21(16)33(30,31)27(22(23(26)28)18-6-4-3-5-7-18)15-17-8-10-19(11-9-17)24(29)32-2/h3-14,22H,15H2,1-2H3,(H2,26,28). The fourth-order valence-corrected chi connectivity index (χ4v) is 5.75. The van der Waals surface area contributed by atoms with Crippen molar-refractivity contribution in [2.45, 2.75) is 24.4 Å². The molecule has 0 spiro atoms. The van der Waals surface area contributed by atoms with Crippen molar-refractivity contribution in [1.82, 2.24) is 4.31 Å². The zero-order chi connectivity index (χ0) is 24.2. The number of esters is 1. The Bertz CT molecular complexity index is 1260. The van der Waals surface area contributed by atoms with Crippen LogP contribution in [0.5, 0.6) is 0 Å². The van der Waals surface area contributed by atoms with Gasteiger partial charge in [-0.3, -0.25) is 4.79 Å². The Morgan fingerprint density at radius 2 is 1.67 bits per heavy atom. The molecule has 9 heteroatoms. The number of sulfonamides is 1. The Hall–Kier alpha value is -3.01. The van der Waals surface area contributed by atoms with E-state index in [1.807, 2.05) is 0 Å². The molecule has 0 aliphatic rings. The van der Waals surface area contributed by atoms with Gasteiger partial charge >= 0.3 is 5.97 Å². The Morgan fingerprint density at radius 3 is 2.21 bits per heavy atom. The Balaban J connectivity index is 2.13. The van der Waals surface area contributed by atoms with E-state index in [0.717, 1.165) is 8.78 Å². The lowest BCUT2D eigenvalue weighted by molar-refractivity contribution is -0.122. The number of rotatable bonds is 8. The molecule has 0 aliphatic heterocycles. The molecule has 1 amide bonds. The van der Waals surface area contributed by atoms with Crippen molar-refractivity contribution < 1.29 is 22.7 Å². The van der Waals surface area contributed by atoms with Gasteiger partial charge in [0.1, 0.15) is 6.04 Å². The van der Waals surface area contributed by atoms with Crippen molar-refractivity contribution in [2.75, 3.05) is 7.11 Å². The van der Waals surface area contributed by atoms with Crippen LogP contribution in [0.3, 0.4) is 0 Å². The minimum atomic E-state index is -4.15. The molecule has 0 saturated carbocycles. The minimum Gasteiger partial charge on any atom is -0.465 e. The fourth-order valence-electron chi connectivity index (χ4n) is 3.50. The van der Waals surface area contributed by atoms with E-state index in [0.29, 0.717) is 22.3 Å². The molecule has 2 N–H and O–H groups in total. The first kappa shape index (κ1) is 24.6. The van der Waals surface area contributed by atoms with Gasteiger partial charge in [0.15, 0.2) is 0 Å². The predicted octanol–water partition coefficient (Wildman–Crippen LogP) is 3.96. The molecule has 0 saturated heterocycles. The van der Waals surface area contributed by atoms with Crippen LogP contribution in [0.25, 0.3) is 0 Å². The number of carbonyl (C=O) groups excluding carboxylic acids is 2. The maximum absolute atomic E-state index is 13.8. The van der Waals surface area contributed by atoms with Crippen LogP contribution in [0.15, 0.2) is 82.2 Å². The zero-order valence-electron chi connectivity index (χ0n) is 18.1. The maximum atomic E-state index is 13.8. The van der Waals surface area contributed by atoms with Crippen LogP contribution >= 0.6 is 15.9 Å². The molecule has 1 atom stereocenters. The van der Waals surface area contributed by atoms with Gasteiger partial charge in [0.25, 0.3) is 0 Å². The van der Waals surface area contributed by atoms with E-state index in [1.165, 1.54) is 13.2 Å². The second kappa shape index (κ2) is 10.3. The highest BCUT2D eigenvalue weighted by Gasteiger charge is 2.37. The van der Waals surface area contributed by atoms with Crippen LogP contribution < -0.4 is 5.73 Å². The first-order valence-corrected chi connectivity index (χ1v) is 12.2. The Labute approximate surface area is 201 Å². The Morgan fingerprint density at radius 1 is 1.03 bits per heavy atom. The van der Waals surface area contributed by atoms with Gasteiger partial charge < -0.3 is 10.5 Å². The minimum absolute atomic E-state index is 0.0686. The van der Waals surface area contributed by atoms with Crippen molar-refractivity contribution in [3.8, 4) is 0 Å². The summed E-state index contributed by atoms with van der Waals surface area (Å²) in [6.45, 7) is 1.55. The van der Waals surface area contributed by atoms with Crippen molar-refractivity contribution in [3.63, 3.8) is 0 Å². The number of methoxy groups -OCH3 is 1. The zero-order valence-corrected chi connectivity index (χ0v) is 20.5. The average Bonchev–Trinajstić information content (AvgIpc) is 2.78. The normalized spacial score (nSPS) is 12.4. The smallest absolute Gasteiger partial charge is 0.337 e. The summed E-state index contributed by atoms with van der Waals surface area (Å²) in [5.41, 5.74) is 7.60. The lowest BCUT2D eigenvalue weighted by Gasteiger charge is -2.30. The van der Waals surface area contributed by atoms with Gasteiger partial charge in [0.2, 0.25) is 15.9 Å². The average molecular weight is 531 g/mol. The molecule has 3 rings (SSSR count). The van der Waals surface area contributed by atoms with Gasteiger partial charge in [-0.25, -0.2) is 13.2 Å². The molecule has 0 heterocycles. The summed E-state index contributed by atoms with van der Waals surface area (Å²) in [6, 6.07) is 18.4. The summed E-state index contributed by atoms with van der Waals surface area (Å²) in [5.74, 6) is -1.30. The third-order valence-corrected chi connectivity index (χ3v) is 7.57. The summed E-state index contributed by atoms with van der Waals surface area (Å²) < 4.78 is 34.2. The molecule has 0 aliphatic carbocycles. The van der Waals surface area contributed by atoms with Crippen LogP contribution in [-0.4, -0.2) is 31.7 Å². The number of aryl methyl sites for hydroxylation is 1. The topological polar surface area (TPSA) is 107 Å². The van der Waals surface area contributed by atoms with E-state index in [-0.39, 0.29) is 11.4 Å². The molecule has 3 aromatic rings. The molecule has 0 fully saturated rings. The highest BCUT2D eigenvalue weighted by atomic mass is 79.9. The van der Waals surface area contributed by atoms with Gasteiger partial charge in [0.05, 0.1) is 17.6 Å². The highest BCUT2D eigenvalue weighted by molar-refractivity contribution is 9.10. The number of hydrogen-bond donors (Lipinski definition) is 1. The van der Waals surface area contributed by atoms with Crippen molar-refractivity contribution in [1.29, 1.82) is 0 Å². The molecule has 3 aromatic carbocycles. The molecule has 33 heavy (non-hydrogen) atoms. The number of hydrogen-bond acceptors (Lipinski definition) is 5. The molecular formula is C24H23BrN2O5S. The lowest BCUT2D eigenvalue weighted by atomic mass is 10.1. The number of nitrogens with two attached hydrogens (primary N) is 1. The van der Waals surface area contributed by atoms with E-state index in [2.05, 4.69) is 15.9 Å². The number of amides is 1. The third kappa shape index (κ3) is 5.50. The molecule has 0 bridgehead atoms. The molecule has 1 unspecified atom stereocenters. The number of carbonyl (C=O) groups is 2. The first-order valence-electron chi connectivity index (χ1n) is 9.94. The Kier molecular flexibility index (Phi) is 7.68. The van der Waals surface area contributed by atoms with Crippen molar-refractivity contribution >= 4 is 37.8 Å². The van der Waals surface area contributed by atoms with E-state index >= 15 is 0 Å². The van der Waals surface area contributed by atoms with E-state index in [1.54, 1.807) is 73.7 Å². The van der Waals surface area contributed by atoms with Crippen LogP contribution in [-0.2, 0) is 26.1 Å². The van der Waals surface area contributed by atoms with Gasteiger partial charge in [-0.1, -0.05) is 58.4 Å². The van der Waals surface area contributed by atoms with Crippen molar-refractivity contribution in [3.05, 3.63) is 99.5 Å². The molecular weight excluding hydrogens is 508 g/mol. The molecule has 172 valence electrons. The summed E-state index contributed by atoms with van der Waals surface area (Å²) in [5, 5.41) is 0. The van der Waals surface area contributed by atoms with E-state index < -0.39 is 27.9 Å². The molecule has 0 aromatic heterocycles. The molecule has 7 nitrogen and oxygen atoms in total. The van der Waals surface area contributed by atoms with E-state index in [9.17, 15) is 18.0 Å². The van der Waals surface area contributed by atoms with Gasteiger partial charge in [0, 0.05) is 11.0 Å². The fraction of sp³-hybridized carbons (Fsp3) is 0.167. The van der Waals surface area contributed by atoms with Gasteiger partial charge in [-0.05, 0) is 53.9 Å². The number of primary amides is 1. The number of halogens is 1. The van der Waals surface area contributed by atoms with Gasteiger partial charge in [-0.2, -0.15) is 4.31 Å². The predicted molar refractivity (Wildman–Crippen MR) is 128 cm³/mol. The SMILES string of the molecule is COC(=O)c1ccc(CN(C(C(N)=O)c2ccccc2)S(=O)(=O)c2ccc(Br)cc2C)cc1. The monoisotopic (exact) mass is 530 g/mol. The van der Waals surface area contributed by atoms with Crippen LogP contribution in [0.2, 0.25) is 0 Å². The summed E-state index contributed by atoms with van der Waals surface area (Å²) in [4.78, 5) is 24.4. The van der Waals surface area contributed by atoms with Crippen LogP contribution in [0, 0.1) is 6.92 Å². The second-order valence-electron chi connectivity index (χ2n) is 7.36. The van der Waals surface area contributed by atoms with E-state index in [4.69, 9.17) is 10.5 Å². The highest BCUT2D eigenvalue weighted by Crippen LogP contribution is 2.32. The van der Waals surface area contributed by atoms with Crippen LogP contribution in [0.1, 0.15) is 33.1 Å². The summed E-state index contributed by atoms with van der Waals surface area (Å²) in [7, 11) is -2.87.